The van der Waals surface area contributed by atoms with Crippen molar-refractivity contribution in [2.75, 3.05) is 7.05 Å². The molecule has 0 atom stereocenters. The van der Waals surface area contributed by atoms with Crippen molar-refractivity contribution in [3.05, 3.63) is 71.7 Å². The van der Waals surface area contributed by atoms with Gasteiger partial charge in [-0.15, -0.1) is 0 Å². The number of hydrogen-bond donors (Lipinski definition) is 1. The van der Waals surface area contributed by atoms with E-state index in [1.165, 1.54) is 25.2 Å². The van der Waals surface area contributed by atoms with Crippen molar-refractivity contribution in [1.82, 2.24) is 14.3 Å². The number of nitrogens with zero attached hydrogens (tertiary/aromatic N) is 2. The lowest BCUT2D eigenvalue weighted by Crippen LogP contribution is -2.18. The monoisotopic (exact) mass is 435 g/mol. The van der Waals surface area contributed by atoms with Crippen LogP contribution >= 0.6 is 0 Å². The molecule has 0 radical (unpaired) electrons. The van der Waals surface area contributed by atoms with E-state index in [1.54, 1.807) is 18.5 Å². The highest BCUT2D eigenvalue weighted by Gasteiger charge is 2.30. The SMILES string of the molecule is CNS(=O)(=O)c1ccc(Cc2ccc(C(F)(F)F)cc2)c(-c2cn(C3CC3)cn2)c1. The molecule has 3 aromatic rings. The fourth-order valence-electron chi connectivity index (χ4n) is 3.31. The molecule has 9 heteroatoms. The van der Waals surface area contributed by atoms with Crippen LogP contribution in [0.15, 0.2) is 59.9 Å². The predicted molar refractivity (Wildman–Crippen MR) is 106 cm³/mol. The van der Waals surface area contributed by atoms with Crippen LogP contribution in [-0.4, -0.2) is 25.0 Å². The molecule has 30 heavy (non-hydrogen) atoms. The Kier molecular flexibility index (Phi) is 5.19. The number of imidazole rings is 1. The Balaban J connectivity index is 1.72. The maximum Gasteiger partial charge on any atom is 0.416 e. The first kappa shape index (κ1) is 20.6. The summed E-state index contributed by atoms with van der Waals surface area (Å²) in [4.78, 5) is 4.55. The number of rotatable bonds is 6. The number of halogens is 3. The van der Waals surface area contributed by atoms with Gasteiger partial charge in [0.25, 0.3) is 0 Å². The third-order valence-electron chi connectivity index (χ3n) is 5.18. The summed E-state index contributed by atoms with van der Waals surface area (Å²) in [6.45, 7) is 0. The second-order valence-corrected chi connectivity index (χ2v) is 9.22. The van der Waals surface area contributed by atoms with Crippen LogP contribution in [-0.2, 0) is 22.6 Å². The summed E-state index contributed by atoms with van der Waals surface area (Å²) in [6, 6.07) is 10.1. The van der Waals surface area contributed by atoms with E-state index < -0.39 is 21.8 Å². The van der Waals surface area contributed by atoms with Gasteiger partial charge in [-0.1, -0.05) is 18.2 Å². The van der Waals surface area contributed by atoms with Crippen LogP contribution in [0.5, 0.6) is 0 Å². The van der Waals surface area contributed by atoms with Crippen molar-refractivity contribution >= 4 is 10.0 Å². The zero-order chi connectivity index (χ0) is 21.5. The first-order valence-electron chi connectivity index (χ1n) is 9.44. The largest absolute Gasteiger partial charge is 0.416 e. The van der Waals surface area contributed by atoms with Gasteiger partial charge in [-0.05, 0) is 61.7 Å². The minimum atomic E-state index is -4.39. The van der Waals surface area contributed by atoms with Crippen LogP contribution in [0.2, 0.25) is 0 Å². The maximum absolute atomic E-state index is 12.8. The molecule has 0 aliphatic heterocycles. The predicted octanol–water partition coefficient (Wildman–Crippen LogP) is 4.40. The summed E-state index contributed by atoms with van der Waals surface area (Å²) in [5.74, 6) is 0. The molecule has 0 saturated heterocycles. The first-order chi connectivity index (χ1) is 14.2. The van der Waals surface area contributed by atoms with Gasteiger partial charge in [0.05, 0.1) is 22.5 Å². The third-order valence-corrected chi connectivity index (χ3v) is 6.59. The zero-order valence-electron chi connectivity index (χ0n) is 16.1. The van der Waals surface area contributed by atoms with Gasteiger partial charge in [-0.3, -0.25) is 0 Å². The van der Waals surface area contributed by atoms with Gasteiger partial charge in [0, 0.05) is 17.8 Å². The molecule has 1 N–H and O–H groups in total. The molecule has 0 unspecified atom stereocenters. The van der Waals surface area contributed by atoms with E-state index in [9.17, 15) is 21.6 Å². The minimum absolute atomic E-state index is 0.108. The van der Waals surface area contributed by atoms with Gasteiger partial charge in [-0.25, -0.2) is 18.1 Å². The summed E-state index contributed by atoms with van der Waals surface area (Å²) in [5.41, 5.74) is 2.05. The maximum atomic E-state index is 12.8. The third kappa shape index (κ3) is 4.27. The van der Waals surface area contributed by atoms with E-state index in [1.807, 2.05) is 10.8 Å². The Morgan fingerprint density at radius 3 is 2.43 bits per heavy atom. The van der Waals surface area contributed by atoms with E-state index in [0.717, 1.165) is 30.5 Å². The van der Waals surface area contributed by atoms with Crippen LogP contribution in [0.4, 0.5) is 13.2 Å². The minimum Gasteiger partial charge on any atom is -0.334 e. The summed E-state index contributed by atoms with van der Waals surface area (Å²) in [6.07, 6.45) is 1.75. The van der Waals surface area contributed by atoms with Gasteiger partial charge < -0.3 is 4.57 Å². The van der Waals surface area contributed by atoms with Gasteiger partial charge >= 0.3 is 6.18 Å². The smallest absolute Gasteiger partial charge is 0.334 e. The van der Waals surface area contributed by atoms with Crippen molar-refractivity contribution in [3.63, 3.8) is 0 Å². The number of hydrogen-bond acceptors (Lipinski definition) is 3. The zero-order valence-corrected chi connectivity index (χ0v) is 17.0. The van der Waals surface area contributed by atoms with Gasteiger partial charge in [0.15, 0.2) is 0 Å². The molecule has 1 saturated carbocycles. The second kappa shape index (κ2) is 7.55. The van der Waals surface area contributed by atoms with Crippen LogP contribution in [0.1, 0.15) is 35.6 Å². The number of nitrogens with one attached hydrogen (secondary N) is 1. The highest BCUT2D eigenvalue weighted by molar-refractivity contribution is 7.89. The Morgan fingerprint density at radius 1 is 1.13 bits per heavy atom. The van der Waals surface area contributed by atoms with Crippen LogP contribution in [0.25, 0.3) is 11.3 Å². The molecule has 1 aliphatic carbocycles. The van der Waals surface area contributed by atoms with Crippen LogP contribution < -0.4 is 4.72 Å². The van der Waals surface area contributed by atoms with Gasteiger partial charge in [0.1, 0.15) is 0 Å². The fraction of sp³-hybridized carbons (Fsp3) is 0.286. The molecule has 0 amide bonds. The molecule has 2 aromatic carbocycles. The van der Waals surface area contributed by atoms with Crippen molar-refractivity contribution < 1.29 is 21.6 Å². The number of aromatic nitrogens is 2. The standard InChI is InChI=1S/C21H20F3N3O2S/c1-25-30(28,29)18-9-4-15(10-14-2-5-16(6-3-14)21(22,23)24)19(11-18)20-12-27(13-26-20)17-7-8-17/h2-6,9,11-13,17,25H,7-8,10H2,1H3. The first-order valence-corrected chi connectivity index (χ1v) is 10.9. The Bertz CT molecular complexity index is 1160. The highest BCUT2D eigenvalue weighted by Crippen LogP contribution is 2.36. The Morgan fingerprint density at radius 2 is 1.83 bits per heavy atom. The summed E-state index contributed by atoms with van der Waals surface area (Å²) >= 11 is 0. The molecule has 5 nitrogen and oxygen atoms in total. The molecule has 0 bridgehead atoms. The van der Waals surface area contributed by atoms with Crippen molar-refractivity contribution in [1.29, 1.82) is 0 Å². The van der Waals surface area contributed by atoms with Crippen molar-refractivity contribution in [2.45, 2.75) is 36.4 Å². The van der Waals surface area contributed by atoms with Crippen LogP contribution in [0, 0.1) is 0 Å². The average Bonchev–Trinajstić information content (AvgIpc) is 3.45. The van der Waals surface area contributed by atoms with E-state index in [0.29, 0.717) is 29.3 Å². The van der Waals surface area contributed by atoms with E-state index in [2.05, 4.69) is 9.71 Å². The van der Waals surface area contributed by atoms with E-state index in [-0.39, 0.29) is 4.90 Å². The number of sulfonamides is 1. The normalized spacial score (nSPS) is 14.8. The molecule has 158 valence electrons. The van der Waals surface area contributed by atoms with Crippen LogP contribution in [0.3, 0.4) is 0 Å². The van der Waals surface area contributed by atoms with Gasteiger partial charge in [0.2, 0.25) is 10.0 Å². The molecular weight excluding hydrogens is 415 g/mol. The molecule has 0 spiro atoms. The Hall–Kier alpha value is -2.65. The lowest BCUT2D eigenvalue weighted by Gasteiger charge is -2.12. The fourth-order valence-corrected chi connectivity index (χ4v) is 4.07. The lowest BCUT2D eigenvalue weighted by molar-refractivity contribution is -0.137. The number of benzene rings is 2. The molecule has 4 rings (SSSR count). The number of alkyl halides is 3. The molecular formula is C21H20F3N3O2S. The van der Waals surface area contributed by atoms with Crippen molar-refractivity contribution in [2.24, 2.45) is 0 Å². The topological polar surface area (TPSA) is 64.0 Å². The summed E-state index contributed by atoms with van der Waals surface area (Å²) in [7, 11) is -2.31. The summed E-state index contributed by atoms with van der Waals surface area (Å²) in [5, 5.41) is 0. The molecule has 1 fully saturated rings. The van der Waals surface area contributed by atoms with Gasteiger partial charge in [-0.2, -0.15) is 13.2 Å². The second-order valence-electron chi connectivity index (χ2n) is 7.34. The highest BCUT2D eigenvalue weighted by atomic mass is 32.2. The van der Waals surface area contributed by atoms with E-state index in [4.69, 9.17) is 0 Å². The van der Waals surface area contributed by atoms with Crippen molar-refractivity contribution in [3.8, 4) is 11.3 Å². The molecule has 1 aromatic heterocycles. The molecule has 1 aliphatic rings. The quantitative estimate of drug-likeness (QED) is 0.624. The lowest BCUT2D eigenvalue weighted by atomic mass is 9.97. The summed E-state index contributed by atoms with van der Waals surface area (Å²) < 4.78 is 67.3. The van der Waals surface area contributed by atoms with E-state index >= 15 is 0 Å². The average molecular weight is 435 g/mol. The Labute approximate surface area is 172 Å². The molecule has 1 heterocycles.